The predicted molar refractivity (Wildman–Crippen MR) is 363 cm³/mol. The second-order valence-electron chi connectivity index (χ2n) is 28.4. The number of hydrogen-bond donors (Lipinski definition) is 2. The molecule has 27 heteroatoms. The van der Waals surface area contributed by atoms with Crippen LogP contribution in [0.5, 0.6) is 0 Å². The summed E-state index contributed by atoms with van der Waals surface area (Å²) in [7, 11) is 4.49. The number of aromatic nitrogens is 4. The number of nitrogens with zero attached hydrogens (tertiary/aromatic N) is 12. The zero-order chi connectivity index (χ0) is 72.7. The summed E-state index contributed by atoms with van der Waals surface area (Å²) in [5, 5.41) is 0. The number of nitrogen functional groups attached to an aromatic ring is 1. The third kappa shape index (κ3) is 20.3. The summed E-state index contributed by atoms with van der Waals surface area (Å²) in [6, 6.07) is 21.6. The van der Waals surface area contributed by atoms with E-state index < -0.39 is 63.4 Å². The normalized spacial score (nSPS) is 18.9. The van der Waals surface area contributed by atoms with E-state index in [1.165, 1.54) is 37.6 Å². The molecule has 0 radical (unpaired) electrons. The fourth-order valence-electron chi connectivity index (χ4n) is 9.76. The number of carbonyl (C=O) groups is 9. The van der Waals surface area contributed by atoms with Gasteiger partial charge in [-0.15, -0.1) is 9.80 Å². The molecule has 7 amide bonds. The number of rotatable bonds is 9. The Kier molecular flexibility index (Phi) is 22.9. The summed E-state index contributed by atoms with van der Waals surface area (Å²) in [4.78, 5) is 151. The number of amides is 7. The quantitative estimate of drug-likeness (QED) is 0.0786. The second kappa shape index (κ2) is 29.3. The molecule has 0 fully saturated rings. The minimum atomic E-state index is -1.16. The molecule has 3 aromatic carbocycles. The second-order valence-corrected chi connectivity index (χ2v) is 28.4. The summed E-state index contributed by atoms with van der Waals surface area (Å²) < 4.78 is 21.8. The first-order valence-electron chi connectivity index (χ1n) is 31.2. The molecule has 518 valence electrons. The van der Waals surface area contributed by atoms with E-state index in [0.29, 0.717) is 43.6 Å². The van der Waals surface area contributed by atoms with Gasteiger partial charge in [0, 0.05) is 52.1 Å². The highest BCUT2D eigenvalue weighted by molar-refractivity contribution is 6.14. The van der Waals surface area contributed by atoms with Gasteiger partial charge in [0.2, 0.25) is 29.6 Å². The van der Waals surface area contributed by atoms with Gasteiger partial charge in [-0.1, -0.05) is 60.7 Å². The average molecular weight is 1340 g/mol. The molecule has 3 aliphatic rings. The van der Waals surface area contributed by atoms with Gasteiger partial charge >= 0.3 is 24.4 Å². The summed E-state index contributed by atoms with van der Waals surface area (Å²) in [5.74, 6) is -1.31. The zero-order valence-corrected chi connectivity index (χ0v) is 59.1. The molecule has 0 bridgehead atoms. The van der Waals surface area contributed by atoms with Crippen LogP contribution in [0.2, 0.25) is 0 Å². The summed E-state index contributed by atoms with van der Waals surface area (Å²) in [6.07, 6.45) is 2.50. The van der Waals surface area contributed by atoms with Crippen LogP contribution in [-0.4, -0.2) is 160 Å². The van der Waals surface area contributed by atoms with Gasteiger partial charge < -0.3 is 30.4 Å². The Labute approximate surface area is 566 Å². The average Bonchev–Trinajstić information content (AvgIpc) is 0.774. The predicted octanol–water partition coefficient (Wildman–Crippen LogP) is 10.3. The fraction of sp³-hybridized carbons (Fsp3) is 0.457. The molecule has 5 aromatic rings. The number of ketones is 2. The van der Waals surface area contributed by atoms with Gasteiger partial charge in [0.25, 0.3) is 0 Å². The van der Waals surface area contributed by atoms with E-state index in [1.807, 2.05) is 38.1 Å². The summed E-state index contributed by atoms with van der Waals surface area (Å²) in [5.41, 5.74) is 11.5. The molecule has 0 spiro atoms. The molecule has 0 saturated carbocycles. The largest absolute Gasteiger partial charge is 0.443 e. The van der Waals surface area contributed by atoms with Crippen molar-refractivity contribution in [1.82, 2.24) is 44.4 Å². The highest BCUT2D eigenvalue weighted by atomic mass is 16.6. The molecule has 5 heterocycles. The van der Waals surface area contributed by atoms with Crippen molar-refractivity contribution in [2.75, 3.05) is 26.9 Å². The van der Waals surface area contributed by atoms with Crippen molar-refractivity contribution in [3.8, 4) is 0 Å². The van der Waals surface area contributed by atoms with Crippen LogP contribution in [-0.2, 0) is 62.8 Å². The van der Waals surface area contributed by atoms with Gasteiger partial charge in [-0.3, -0.25) is 48.6 Å². The Hall–Kier alpha value is -10.3. The molecule has 3 aliphatic heterocycles. The Balaban J connectivity index is 0.000000235. The van der Waals surface area contributed by atoms with Crippen LogP contribution in [0.3, 0.4) is 0 Å². The minimum absolute atomic E-state index is 0.0347. The molecule has 27 nitrogen and oxygen atoms in total. The number of aliphatic imine (C=N–C) groups is 3. The Morgan fingerprint density at radius 2 is 0.763 bits per heavy atom. The molecule has 0 saturated heterocycles. The maximum atomic E-state index is 13.3. The van der Waals surface area contributed by atoms with Crippen molar-refractivity contribution in [1.29, 1.82) is 0 Å². The van der Waals surface area contributed by atoms with E-state index >= 15 is 0 Å². The Morgan fingerprint density at radius 1 is 0.454 bits per heavy atom. The van der Waals surface area contributed by atoms with E-state index in [4.69, 9.17) is 35.4 Å². The van der Waals surface area contributed by atoms with Gasteiger partial charge in [0.1, 0.15) is 33.8 Å². The molecule has 3 unspecified atom stereocenters. The van der Waals surface area contributed by atoms with Crippen LogP contribution in [0.4, 0.5) is 24.9 Å². The minimum Gasteiger partial charge on any atom is -0.443 e. The summed E-state index contributed by atoms with van der Waals surface area (Å²) >= 11 is 0. The first-order chi connectivity index (χ1) is 44.7. The molecule has 8 rings (SSSR count). The molecule has 4 N–H and O–H groups in total. The molecule has 3 atom stereocenters. The maximum Gasteiger partial charge on any atom is 0.427 e. The first-order valence-corrected chi connectivity index (χ1v) is 31.2. The Bertz CT molecular complexity index is 3880. The van der Waals surface area contributed by atoms with Crippen LogP contribution in [0.25, 0.3) is 0 Å². The highest BCUT2D eigenvalue weighted by Gasteiger charge is 2.47. The van der Waals surface area contributed by atoms with Crippen molar-refractivity contribution < 1.29 is 62.1 Å². The lowest BCUT2D eigenvalue weighted by molar-refractivity contribution is -0.129. The van der Waals surface area contributed by atoms with Gasteiger partial charge in [0.05, 0.1) is 59.7 Å². The number of aryl methyl sites for hydroxylation is 2. The van der Waals surface area contributed by atoms with E-state index in [-0.39, 0.29) is 85.0 Å². The summed E-state index contributed by atoms with van der Waals surface area (Å²) in [6.45, 7) is 29.0. The molecular weight excluding hydrogens is 1240 g/mol. The van der Waals surface area contributed by atoms with Gasteiger partial charge in [0.15, 0.2) is 17.5 Å². The monoisotopic (exact) mass is 1330 g/mol. The number of hydrogen-bond acceptors (Lipinski definition) is 22. The van der Waals surface area contributed by atoms with Gasteiger partial charge in [-0.25, -0.2) is 44.1 Å². The third-order valence-electron chi connectivity index (χ3n) is 14.8. The molecule has 97 heavy (non-hydrogen) atoms. The number of benzene rings is 3. The lowest BCUT2D eigenvalue weighted by Gasteiger charge is -2.38. The van der Waals surface area contributed by atoms with E-state index in [2.05, 4.69) is 29.9 Å². The third-order valence-corrected chi connectivity index (χ3v) is 14.8. The van der Waals surface area contributed by atoms with E-state index in [9.17, 15) is 43.2 Å². The van der Waals surface area contributed by atoms with E-state index in [1.54, 1.807) is 166 Å². The lowest BCUT2D eigenvalue weighted by atomic mass is 9.86. The lowest BCUT2D eigenvalue weighted by Crippen LogP contribution is -2.56. The van der Waals surface area contributed by atoms with Gasteiger partial charge in [-0.2, -0.15) is 0 Å². The van der Waals surface area contributed by atoms with Crippen molar-refractivity contribution in [3.05, 3.63) is 148 Å². The van der Waals surface area contributed by atoms with Crippen LogP contribution in [0, 0.1) is 13.8 Å². The first kappa shape index (κ1) is 75.7. The number of ether oxygens (including phenoxy) is 4. The smallest absolute Gasteiger partial charge is 0.427 e. The zero-order valence-electron chi connectivity index (χ0n) is 59.1. The Morgan fingerprint density at radius 3 is 1.06 bits per heavy atom. The SMILES string of the molecule is CN1C(=O)CC(C)(c2cccc(N)c2)N=C1N(C(=O)OC(C)(C)C)C(=O)OC(C)(C)C.Cc1cnc(C(=O)Cc2cccc(C3(C)CC(=O)N(C)C(N(C(=O)OC(C)(C)C)C(=O)OC(C)(C)C)=N3)c2)cn1.Cc1cnc(C(=O)Cc2cccc(C3(C)CC(=O)N(C)C(N)=N3)c2)cn1. The van der Waals surface area contributed by atoms with Crippen molar-refractivity contribution in [2.24, 2.45) is 20.7 Å². The van der Waals surface area contributed by atoms with Crippen molar-refractivity contribution >= 4 is 77.2 Å². The molecule has 2 aromatic heterocycles. The van der Waals surface area contributed by atoms with Crippen molar-refractivity contribution in [2.45, 2.75) is 189 Å². The molecule has 0 aliphatic carbocycles. The number of guanidine groups is 3. The van der Waals surface area contributed by atoms with Crippen LogP contribution < -0.4 is 11.5 Å². The van der Waals surface area contributed by atoms with Gasteiger partial charge in [-0.05, 0) is 158 Å². The maximum absolute atomic E-state index is 13.3. The van der Waals surface area contributed by atoms with Crippen LogP contribution in [0.15, 0.2) is 113 Å². The number of anilines is 1. The van der Waals surface area contributed by atoms with Crippen molar-refractivity contribution in [3.63, 3.8) is 0 Å². The van der Waals surface area contributed by atoms with Crippen LogP contribution >= 0.6 is 0 Å². The van der Waals surface area contributed by atoms with E-state index in [0.717, 1.165) is 26.6 Å². The van der Waals surface area contributed by atoms with Crippen LogP contribution in [0.1, 0.15) is 183 Å². The number of Topliss-reactive ketones (excluding diaryl/α,β-unsaturated/α-hetero) is 2. The number of imide groups is 2. The molecular formula is C70H90N14O13. The number of carbonyl (C=O) groups excluding carboxylic acids is 9. The number of nitrogens with two attached hydrogens (primary N) is 2. The fourth-order valence-corrected chi connectivity index (χ4v) is 9.76. The topological polar surface area (TPSA) is 347 Å². The standard InChI is InChI=1S/C29H37N5O6.C22H32N4O5.C19H21N5O2/c1-18-16-31-21(17-30-18)22(35)14-19-11-10-12-20(13-19)29(8)15-23(36)33(9)24(32-29)34(25(37)39-27(2,3)4)26(38)40-28(5,6)7;1-20(2,3)30-18(28)26(19(29)31-21(4,5)6)17-24-22(7,13-16(27)25(17)8)14-10-9-11-15(23)12-14;1-12-10-22-15(11-21-12)16(25)8-13-5-4-6-14(7-13)19(2)9-17(26)24(3)18(20)23-19/h10-13,16-17H,14-15H2,1-9H3;9-12H,13,23H2,1-8H3;4-7,10-11H,8-9H2,1-3H3,(H2,20,23). The highest BCUT2D eigenvalue weighted by Crippen LogP contribution is 2.38.